The first kappa shape index (κ1) is 18.0. The predicted octanol–water partition coefficient (Wildman–Crippen LogP) is 4.32. The van der Waals surface area contributed by atoms with Crippen molar-refractivity contribution in [2.24, 2.45) is 4.99 Å². The number of fused-ring (bicyclic) bond motifs is 1. The van der Waals surface area contributed by atoms with Crippen LogP contribution in [0.5, 0.6) is 0 Å². The third-order valence-electron chi connectivity index (χ3n) is 4.10. The molecule has 0 bridgehead atoms. The molecule has 1 aromatic heterocycles. The number of aryl methyl sites for hydroxylation is 2. The number of carbonyl (C=O) groups excluding carboxylic acids is 1. The smallest absolute Gasteiger partial charge is 0.279 e. The summed E-state index contributed by atoms with van der Waals surface area (Å²) in [6.45, 7) is 4.93. The van der Waals surface area contributed by atoms with Crippen LogP contribution in [0.25, 0.3) is 10.2 Å². The van der Waals surface area contributed by atoms with Crippen molar-refractivity contribution in [3.63, 3.8) is 0 Å². The minimum absolute atomic E-state index is 0.114. The largest absolute Gasteiger partial charge is 0.316 e. The highest BCUT2D eigenvalue weighted by Gasteiger charge is 2.12. The Bertz CT molecular complexity index is 1050. The van der Waals surface area contributed by atoms with Gasteiger partial charge in [0.25, 0.3) is 11.6 Å². The number of hydrogen-bond donors (Lipinski definition) is 0. The van der Waals surface area contributed by atoms with Crippen LogP contribution in [0.15, 0.2) is 47.5 Å². The normalized spacial score (nSPS) is 11.8. The molecule has 7 heteroatoms. The van der Waals surface area contributed by atoms with Crippen molar-refractivity contribution < 1.29 is 9.72 Å². The summed E-state index contributed by atoms with van der Waals surface area (Å²) in [4.78, 5) is 27.8. The van der Waals surface area contributed by atoms with Crippen LogP contribution in [-0.4, -0.2) is 15.4 Å². The van der Waals surface area contributed by atoms with E-state index in [2.05, 4.69) is 37.0 Å². The van der Waals surface area contributed by atoms with E-state index in [4.69, 9.17) is 0 Å². The molecule has 134 valence electrons. The Kier molecular flexibility index (Phi) is 5.27. The number of thiazole rings is 1. The number of carbonyl (C=O) groups is 1. The molecule has 0 saturated heterocycles. The van der Waals surface area contributed by atoms with Crippen molar-refractivity contribution >= 4 is 33.1 Å². The van der Waals surface area contributed by atoms with E-state index >= 15 is 0 Å². The van der Waals surface area contributed by atoms with Gasteiger partial charge in [0.05, 0.1) is 15.1 Å². The molecule has 0 aliphatic heterocycles. The van der Waals surface area contributed by atoms with Crippen LogP contribution in [-0.2, 0) is 13.0 Å². The van der Waals surface area contributed by atoms with Gasteiger partial charge < -0.3 is 4.57 Å². The minimum Gasteiger partial charge on any atom is -0.316 e. The molecule has 3 rings (SSSR count). The van der Waals surface area contributed by atoms with Crippen LogP contribution in [0.4, 0.5) is 5.69 Å². The second kappa shape index (κ2) is 7.61. The third kappa shape index (κ3) is 3.57. The third-order valence-corrected chi connectivity index (χ3v) is 5.14. The Balaban J connectivity index is 2.10. The highest BCUT2D eigenvalue weighted by molar-refractivity contribution is 7.16. The first-order chi connectivity index (χ1) is 12.5. The van der Waals surface area contributed by atoms with Gasteiger partial charge in [0.2, 0.25) is 0 Å². The van der Waals surface area contributed by atoms with E-state index in [9.17, 15) is 14.9 Å². The first-order valence-electron chi connectivity index (χ1n) is 8.49. The molecule has 0 atom stereocenters. The monoisotopic (exact) mass is 369 g/mol. The van der Waals surface area contributed by atoms with E-state index in [1.54, 1.807) is 6.07 Å². The quantitative estimate of drug-likeness (QED) is 0.496. The molecule has 0 fully saturated rings. The predicted molar refractivity (Wildman–Crippen MR) is 102 cm³/mol. The van der Waals surface area contributed by atoms with Gasteiger partial charge in [0.15, 0.2) is 4.80 Å². The SMILES string of the molecule is CCCn1c(=NC(=O)c2cccc([N+](=O)[O-])c2)sc2cc(CC)ccc21. The van der Waals surface area contributed by atoms with E-state index in [0.717, 1.165) is 29.6 Å². The number of amides is 1. The lowest BCUT2D eigenvalue weighted by molar-refractivity contribution is -0.384. The van der Waals surface area contributed by atoms with Gasteiger partial charge in [-0.2, -0.15) is 4.99 Å². The van der Waals surface area contributed by atoms with Crippen LogP contribution < -0.4 is 4.80 Å². The molecule has 0 saturated carbocycles. The van der Waals surface area contributed by atoms with Crippen LogP contribution in [0.2, 0.25) is 0 Å². The van der Waals surface area contributed by atoms with Gasteiger partial charge in [0.1, 0.15) is 0 Å². The summed E-state index contributed by atoms with van der Waals surface area (Å²) in [6.07, 6.45) is 1.86. The van der Waals surface area contributed by atoms with Gasteiger partial charge in [-0.1, -0.05) is 37.3 Å². The number of nitrogens with zero attached hydrogens (tertiary/aromatic N) is 3. The Morgan fingerprint density at radius 1 is 1.23 bits per heavy atom. The zero-order chi connectivity index (χ0) is 18.7. The van der Waals surface area contributed by atoms with Gasteiger partial charge in [0, 0.05) is 24.2 Å². The molecule has 26 heavy (non-hydrogen) atoms. The number of non-ortho nitro benzene ring substituents is 1. The maximum Gasteiger partial charge on any atom is 0.279 e. The van der Waals surface area contributed by atoms with E-state index < -0.39 is 10.8 Å². The average molecular weight is 369 g/mol. The molecular formula is C19H19N3O3S. The van der Waals surface area contributed by atoms with Crippen LogP contribution >= 0.6 is 11.3 Å². The van der Waals surface area contributed by atoms with Gasteiger partial charge >= 0.3 is 0 Å². The van der Waals surface area contributed by atoms with Crippen LogP contribution in [0.1, 0.15) is 36.2 Å². The number of benzene rings is 2. The minimum atomic E-state index is -0.514. The first-order valence-corrected chi connectivity index (χ1v) is 9.31. The van der Waals surface area contributed by atoms with Crippen molar-refractivity contribution in [1.82, 2.24) is 4.57 Å². The van der Waals surface area contributed by atoms with E-state index in [-0.39, 0.29) is 11.3 Å². The van der Waals surface area contributed by atoms with Crippen LogP contribution in [0, 0.1) is 10.1 Å². The molecular weight excluding hydrogens is 350 g/mol. The van der Waals surface area contributed by atoms with E-state index in [1.165, 1.54) is 35.1 Å². The van der Waals surface area contributed by atoms with Crippen molar-refractivity contribution in [2.75, 3.05) is 0 Å². The number of hydrogen-bond acceptors (Lipinski definition) is 4. The fourth-order valence-corrected chi connectivity index (χ4v) is 3.88. The molecule has 3 aromatic rings. The summed E-state index contributed by atoms with van der Waals surface area (Å²) >= 11 is 1.47. The maximum atomic E-state index is 12.5. The second-order valence-electron chi connectivity index (χ2n) is 5.92. The molecule has 0 aliphatic rings. The highest BCUT2D eigenvalue weighted by atomic mass is 32.1. The summed E-state index contributed by atoms with van der Waals surface area (Å²) in [5.74, 6) is -0.471. The van der Waals surface area contributed by atoms with Crippen LogP contribution in [0.3, 0.4) is 0 Å². The lowest BCUT2D eigenvalue weighted by atomic mass is 10.2. The Morgan fingerprint density at radius 3 is 2.73 bits per heavy atom. The molecule has 6 nitrogen and oxygen atoms in total. The van der Waals surface area contributed by atoms with E-state index in [1.807, 2.05) is 4.57 Å². The maximum absolute atomic E-state index is 12.5. The molecule has 2 aromatic carbocycles. The lowest BCUT2D eigenvalue weighted by Gasteiger charge is -2.03. The highest BCUT2D eigenvalue weighted by Crippen LogP contribution is 2.20. The molecule has 0 spiro atoms. The van der Waals surface area contributed by atoms with Gasteiger partial charge in [-0.05, 0) is 36.6 Å². The summed E-state index contributed by atoms with van der Waals surface area (Å²) in [5.41, 5.74) is 2.39. The van der Waals surface area contributed by atoms with Crippen molar-refractivity contribution in [3.05, 3.63) is 68.5 Å². The molecule has 0 aliphatic carbocycles. The van der Waals surface area contributed by atoms with E-state index in [0.29, 0.717) is 4.80 Å². The summed E-state index contributed by atoms with van der Waals surface area (Å²) in [7, 11) is 0. The van der Waals surface area contributed by atoms with Gasteiger partial charge in [-0.25, -0.2) is 0 Å². The number of nitro groups is 1. The van der Waals surface area contributed by atoms with Gasteiger partial charge in [-0.3, -0.25) is 14.9 Å². The summed E-state index contributed by atoms with van der Waals surface area (Å²) in [6, 6.07) is 12.0. The lowest BCUT2D eigenvalue weighted by Crippen LogP contribution is -2.16. The standard InChI is InChI=1S/C19H19N3O3S/c1-3-10-21-16-9-8-13(4-2)11-17(16)26-19(21)20-18(23)14-6-5-7-15(12-14)22(24)25/h5-9,11-12H,3-4,10H2,1-2H3. The summed E-state index contributed by atoms with van der Waals surface area (Å²) in [5, 5.41) is 10.9. The molecule has 1 heterocycles. The molecule has 0 unspecified atom stereocenters. The zero-order valence-electron chi connectivity index (χ0n) is 14.6. The molecule has 0 radical (unpaired) electrons. The number of aromatic nitrogens is 1. The van der Waals surface area contributed by atoms with Crippen molar-refractivity contribution in [1.29, 1.82) is 0 Å². The van der Waals surface area contributed by atoms with Gasteiger partial charge in [-0.15, -0.1) is 0 Å². The topological polar surface area (TPSA) is 77.5 Å². The van der Waals surface area contributed by atoms with Crippen molar-refractivity contribution in [3.8, 4) is 0 Å². The average Bonchev–Trinajstić information content (AvgIpc) is 2.98. The fraction of sp³-hybridized carbons (Fsp3) is 0.263. The Hall–Kier alpha value is -2.80. The summed E-state index contributed by atoms with van der Waals surface area (Å²) < 4.78 is 3.12. The Labute approximate surface area is 154 Å². The second-order valence-corrected chi connectivity index (χ2v) is 6.93. The van der Waals surface area contributed by atoms with Crippen molar-refractivity contribution in [2.45, 2.75) is 33.2 Å². The zero-order valence-corrected chi connectivity index (χ0v) is 15.5. The Morgan fingerprint density at radius 2 is 2.04 bits per heavy atom. The molecule has 0 N–H and O–H groups in total. The fourth-order valence-electron chi connectivity index (χ4n) is 2.77. The molecule has 1 amide bonds. The number of nitro benzene ring substituents is 1. The number of rotatable bonds is 5.